The third-order valence-electron chi connectivity index (χ3n) is 5.52. The number of hydrogen-bond acceptors (Lipinski definition) is 4. The molecule has 1 aromatic heterocycles. The quantitative estimate of drug-likeness (QED) is 0.620. The number of nitrogens with zero attached hydrogens (tertiary/aromatic N) is 2. The molecule has 1 amide bonds. The lowest BCUT2D eigenvalue weighted by molar-refractivity contribution is -0.134. The van der Waals surface area contributed by atoms with Gasteiger partial charge >= 0.3 is 0 Å². The third-order valence-corrected chi connectivity index (χ3v) is 5.52. The first-order valence-electron chi connectivity index (χ1n) is 9.85. The van der Waals surface area contributed by atoms with Crippen LogP contribution in [0.1, 0.15) is 17.2 Å². The van der Waals surface area contributed by atoms with Gasteiger partial charge in [0.25, 0.3) is 0 Å². The summed E-state index contributed by atoms with van der Waals surface area (Å²) in [5.41, 5.74) is 1.72. The summed E-state index contributed by atoms with van der Waals surface area (Å²) in [4.78, 5) is 13.4. The van der Waals surface area contributed by atoms with Gasteiger partial charge in [0.2, 0.25) is 5.91 Å². The van der Waals surface area contributed by atoms with Gasteiger partial charge in [-0.2, -0.15) is 5.10 Å². The van der Waals surface area contributed by atoms with Crippen LogP contribution in [0, 0.1) is 5.41 Å². The average molecular weight is 390 g/mol. The molecule has 4 rings (SSSR count). The van der Waals surface area contributed by atoms with Crippen LogP contribution in [0.25, 0.3) is 0 Å². The minimum atomic E-state index is -0.455. The summed E-state index contributed by atoms with van der Waals surface area (Å²) in [6.45, 7) is 1.92. The van der Waals surface area contributed by atoms with Gasteiger partial charge in [-0.15, -0.1) is 0 Å². The van der Waals surface area contributed by atoms with Gasteiger partial charge in [0.1, 0.15) is 5.75 Å². The Hall–Kier alpha value is -3.12. The van der Waals surface area contributed by atoms with Crippen molar-refractivity contribution in [3.63, 3.8) is 0 Å². The second-order valence-electron chi connectivity index (χ2n) is 7.58. The monoisotopic (exact) mass is 390 g/mol. The number of carbonyl (C=O) groups excluding carboxylic acids is 1. The normalized spacial score (nSPS) is 15.9. The van der Waals surface area contributed by atoms with E-state index in [9.17, 15) is 4.79 Å². The first kappa shape index (κ1) is 19.2. The van der Waals surface area contributed by atoms with Crippen LogP contribution in [-0.2, 0) is 17.8 Å². The summed E-state index contributed by atoms with van der Waals surface area (Å²) in [5, 5.41) is 10.9. The maximum absolute atomic E-state index is 13.4. The molecule has 0 bridgehead atoms. The van der Waals surface area contributed by atoms with Crippen LogP contribution in [-0.4, -0.2) is 35.9 Å². The van der Waals surface area contributed by atoms with Gasteiger partial charge < -0.3 is 15.4 Å². The van der Waals surface area contributed by atoms with Gasteiger partial charge in [0, 0.05) is 25.5 Å². The highest BCUT2D eigenvalue weighted by Gasteiger charge is 2.45. The molecule has 2 N–H and O–H groups in total. The molecule has 2 heterocycles. The van der Waals surface area contributed by atoms with E-state index >= 15 is 0 Å². The number of ether oxygens (including phenoxy) is 1. The summed E-state index contributed by atoms with van der Waals surface area (Å²) < 4.78 is 7.19. The van der Waals surface area contributed by atoms with Gasteiger partial charge in [-0.25, -0.2) is 0 Å². The zero-order valence-electron chi connectivity index (χ0n) is 16.5. The van der Waals surface area contributed by atoms with E-state index in [0.717, 1.165) is 16.9 Å². The highest BCUT2D eigenvalue weighted by molar-refractivity contribution is 5.85. The molecule has 3 aromatic rings. The second kappa shape index (κ2) is 8.49. The molecule has 1 saturated heterocycles. The fourth-order valence-electron chi connectivity index (χ4n) is 3.79. The Bertz CT molecular complexity index is 937. The van der Waals surface area contributed by atoms with Crippen LogP contribution in [0.4, 0.5) is 0 Å². The van der Waals surface area contributed by atoms with Crippen LogP contribution in [0.15, 0.2) is 73.1 Å². The van der Waals surface area contributed by atoms with E-state index in [2.05, 4.69) is 15.7 Å². The van der Waals surface area contributed by atoms with Crippen molar-refractivity contribution in [3.05, 3.63) is 84.2 Å². The van der Waals surface area contributed by atoms with Crippen molar-refractivity contribution >= 4 is 5.91 Å². The number of amides is 1. The fourth-order valence-corrected chi connectivity index (χ4v) is 3.79. The lowest BCUT2D eigenvalue weighted by Crippen LogP contribution is -2.63. The Morgan fingerprint density at radius 2 is 2.03 bits per heavy atom. The van der Waals surface area contributed by atoms with Crippen molar-refractivity contribution in [2.45, 2.75) is 19.0 Å². The average Bonchev–Trinajstić information content (AvgIpc) is 3.24. The summed E-state index contributed by atoms with van der Waals surface area (Å²) in [6.07, 6.45) is 4.34. The van der Waals surface area contributed by atoms with Gasteiger partial charge in [0.15, 0.2) is 0 Å². The SMILES string of the molecule is COc1cccc(CC2(C(=O)NC(Cn3cccn3)c3ccccc3)CNC2)c1. The smallest absolute Gasteiger partial charge is 0.229 e. The van der Waals surface area contributed by atoms with Crippen LogP contribution in [0.2, 0.25) is 0 Å². The molecule has 150 valence electrons. The topological polar surface area (TPSA) is 68.2 Å². The number of hydrogen-bond donors (Lipinski definition) is 2. The van der Waals surface area contributed by atoms with Gasteiger partial charge in [0.05, 0.1) is 25.1 Å². The van der Waals surface area contributed by atoms with Crippen molar-refractivity contribution in [1.82, 2.24) is 20.4 Å². The van der Waals surface area contributed by atoms with Crippen LogP contribution >= 0.6 is 0 Å². The number of methoxy groups -OCH3 is 1. The van der Waals surface area contributed by atoms with Crippen LogP contribution in [0.3, 0.4) is 0 Å². The maximum Gasteiger partial charge on any atom is 0.229 e. The Balaban J connectivity index is 1.53. The first-order chi connectivity index (χ1) is 14.2. The molecule has 6 heteroatoms. The maximum atomic E-state index is 13.4. The largest absolute Gasteiger partial charge is 0.497 e. The van der Waals surface area contributed by atoms with Crippen LogP contribution < -0.4 is 15.4 Å². The van der Waals surface area contributed by atoms with E-state index < -0.39 is 5.41 Å². The molecule has 6 nitrogen and oxygen atoms in total. The number of nitrogens with one attached hydrogen (secondary N) is 2. The lowest BCUT2D eigenvalue weighted by atomic mass is 9.75. The predicted molar refractivity (Wildman–Crippen MR) is 112 cm³/mol. The van der Waals surface area contributed by atoms with E-state index in [1.54, 1.807) is 13.3 Å². The number of benzene rings is 2. The van der Waals surface area contributed by atoms with Crippen molar-refractivity contribution in [2.24, 2.45) is 5.41 Å². The standard InChI is InChI=1S/C23H26N4O2/c1-29-20-10-5-7-18(13-20)14-23(16-24-17-23)22(28)26-21(15-27-12-6-11-25-27)19-8-3-2-4-9-19/h2-13,21,24H,14-17H2,1H3,(H,26,28). The molecule has 29 heavy (non-hydrogen) atoms. The second-order valence-corrected chi connectivity index (χ2v) is 7.58. The van der Waals surface area contributed by atoms with Gasteiger partial charge in [-0.05, 0) is 35.7 Å². The molecule has 1 unspecified atom stereocenters. The Labute approximate surface area is 170 Å². The number of carbonyl (C=O) groups is 1. The Kier molecular flexibility index (Phi) is 5.62. The minimum absolute atomic E-state index is 0.0695. The van der Waals surface area contributed by atoms with E-state index in [0.29, 0.717) is 26.1 Å². The summed E-state index contributed by atoms with van der Waals surface area (Å²) in [6, 6.07) is 19.8. The molecular formula is C23H26N4O2. The molecule has 0 radical (unpaired) electrons. The minimum Gasteiger partial charge on any atom is -0.497 e. The Morgan fingerprint density at radius 1 is 1.21 bits per heavy atom. The highest BCUT2D eigenvalue weighted by atomic mass is 16.5. The van der Waals surface area contributed by atoms with Gasteiger partial charge in [-0.3, -0.25) is 9.48 Å². The van der Waals surface area contributed by atoms with Gasteiger partial charge in [-0.1, -0.05) is 42.5 Å². The van der Waals surface area contributed by atoms with E-state index in [1.165, 1.54) is 0 Å². The summed E-state index contributed by atoms with van der Waals surface area (Å²) >= 11 is 0. The third kappa shape index (κ3) is 4.32. The first-order valence-corrected chi connectivity index (χ1v) is 9.85. The van der Waals surface area contributed by atoms with E-state index in [1.807, 2.05) is 71.5 Å². The molecule has 1 aliphatic rings. The fraction of sp³-hybridized carbons (Fsp3) is 0.304. The van der Waals surface area contributed by atoms with E-state index in [4.69, 9.17) is 4.74 Å². The predicted octanol–water partition coefficient (Wildman–Crippen LogP) is 2.58. The lowest BCUT2D eigenvalue weighted by Gasteiger charge is -2.42. The highest BCUT2D eigenvalue weighted by Crippen LogP contribution is 2.30. The van der Waals surface area contributed by atoms with Crippen molar-refractivity contribution < 1.29 is 9.53 Å². The van der Waals surface area contributed by atoms with E-state index in [-0.39, 0.29) is 11.9 Å². The molecule has 1 fully saturated rings. The molecule has 0 aliphatic carbocycles. The summed E-state index contributed by atoms with van der Waals surface area (Å²) in [7, 11) is 1.66. The molecule has 0 saturated carbocycles. The van der Waals surface area contributed by atoms with Crippen LogP contribution in [0.5, 0.6) is 5.75 Å². The van der Waals surface area contributed by atoms with Crippen molar-refractivity contribution in [2.75, 3.05) is 20.2 Å². The number of aromatic nitrogens is 2. The zero-order valence-corrected chi connectivity index (χ0v) is 16.5. The summed E-state index contributed by atoms with van der Waals surface area (Å²) in [5.74, 6) is 0.881. The Morgan fingerprint density at radius 3 is 2.69 bits per heavy atom. The molecular weight excluding hydrogens is 364 g/mol. The number of rotatable bonds is 8. The molecule has 2 aromatic carbocycles. The molecule has 1 aliphatic heterocycles. The van der Waals surface area contributed by atoms with Crippen molar-refractivity contribution in [1.29, 1.82) is 0 Å². The zero-order chi connectivity index (χ0) is 20.1. The van der Waals surface area contributed by atoms with Crippen molar-refractivity contribution in [3.8, 4) is 5.75 Å². The molecule has 0 spiro atoms. The molecule has 1 atom stereocenters.